The maximum atomic E-state index is 5.17. The van der Waals surface area contributed by atoms with E-state index in [1.165, 1.54) is 16.5 Å². The maximum Gasteiger partial charge on any atom is 0.0528 e. The quantitative estimate of drug-likeness (QED) is 0.748. The van der Waals surface area contributed by atoms with E-state index >= 15 is 0 Å². The van der Waals surface area contributed by atoms with E-state index in [4.69, 9.17) is 4.74 Å². The summed E-state index contributed by atoms with van der Waals surface area (Å²) in [4.78, 5) is 0. The average Bonchev–Trinajstić information content (AvgIpc) is 2.60. The molecule has 0 saturated carbocycles. The van der Waals surface area contributed by atoms with Crippen LogP contribution in [0.4, 0.5) is 0 Å². The standard InChI is InChI=1S/C13H17NO/c1-10(9-15-3)11-4-5-13-12(8-11)6-7-14(13)2/h4-8,10H,9H2,1-3H3/t10-/m0/s1. The van der Waals surface area contributed by atoms with Gasteiger partial charge in [-0.2, -0.15) is 0 Å². The van der Waals surface area contributed by atoms with Crippen molar-refractivity contribution in [2.24, 2.45) is 7.05 Å². The molecule has 2 aromatic rings. The molecular formula is C13H17NO. The molecule has 2 rings (SSSR count). The van der Waals surface area contributed by atoms with Crippen LogP contribution in [0, 0.1) is 0 Å². The Morgan fingerprint density at radius 1 is 1.33 bits per heavy atom. The summed E-state index contributed by atoms with van der Waals surface area (Å²) in [6.07, 6.45) is 2.09. The number of nitrogens with zero attached hydrogens (tertiary/aromatic N) is 1. The molecule has 0 saturated heterocycles. The van der Waals surface area contributed by atoms with Crippen LogP contribution in [-0.4, -0.2) is 18.3 Å². The van der Waals surface area contributed by atoms with Gasteiger partial charge in [-0.15, -0.1) is 0 Å². The van der Waals surface area contributed by atoms with Gasteiger partial charge in [-0.05, 0) is 29.1 Å². The second-order valence-electron chi connectivity index (χ2n) is 4.10. The minimum Gasteiger partial charge on any atom is -0.384 e. The van der Waals surface area contributed by atoms with Crippen LogP contribution in [0.3, 0.4) is 0 Å². The lowest BCUT2D eigenvalue weighted by molar-refractivity contribution is 0.184. The first kappa shape index (κ1) is 10.2. The van der Waals surface area contributed by atoms with Crippen molar-refractivity contribution in [2.75, 3.05) is 13.7 Å². The third-order valence-corrected chi connectivity index (χ3v) is 2.89. The first-order chi connectivity index (χ1) is 7.22. The monoisotopic (exact) mass is 203 g/mol. The van der Waals surface area contributed by atoms with E-state index in [-0.39, 0.29) is 0 Å². The van der Waals surface area contributed by atoms with Crippen molar-refractivity contribution in [1.82, 2.24) is 4.57 Å². The van der Waals surface area contributed by atoms with E-state index < -0.39 is 0 Å². The van der Waals surface area contributed by atoms with Gasteiger partial charge >= 0.3 is 0 Å². The van der Waals surface area contributed by atoms with Gasteiger partial charge in [0.15, 0.2) is 0 Å². The molecule has 80 valence electrons. The predicted molar refractivity (Wildman–Crippen MR) is 63.2 cm³/mol. The molecular weight excluding hydrogens is 186 g/mol. The molecule has 0 fully saturated rings. The molecule has 1 heterocycles. The van der Waals surface area contributed by atoms with Crippen molar-refractivity contribution in [1.29, 1.82) is 0 Å². The molecule has 0 aliphatic carbocycles. The third kappa shape index (κ3) is 1.90. The summed E-state index contributed by atoms with van der Waals surface area (Å²) in [5.41, 5.74) is 2.62. The zero-order valence-corrected chi connectivity index (χ0v) is 9.53. The fourth-order valence-electron chi connectivity index (χ4n) is 1.95. The van der Waals surface area contributed by atoms with Crippen LogP contribution < -0.4 is 0 Å². The maximum absolute atomic E-state index is 5.17. The highest BCUT2D eigenvalue weighted by Crippen LogP contribution is 2.22. The normalized spacial score (nSPS) is 13.3. The smallest absolute Gasteiger partial charge is 0.0528 e. The third-order valence-electron chi connectivity index (χ3n) is 2.89. The van der Waals surface area contributed by atoms with Crippen LogP contribution in [0.25, 0.3) is 10.9 Å². The summed E-state index contributed by atoms with van der Waals surface area (Å²) in [5.74, 6) is 0.458. The number of ether oxygens (including phenoxy) is 1. The number of hydrogen-bond acceptors (Lipinski definition) is 1. The Bertz CT molecular complexity index is 459. The second-order valence-corrected chi connectivity index (χ2v) is 4.10. The van der Waals surface area contributed by atoms with Gasteiger partial charge in [0.05, 0.1) is 6.61 Å². The molecule has 1 aromatic heterocycles. The van der Waals surface area contributed by atoms with Gasteiger partial charge in [-0.1, -0.05) is 13.0 Å². The Balaban J connectivity index is 2.38. The van der Waals surface area contributed by atoms with Gasteiger partial charge in [0.25, 0.3) is 0 Å². The molecule has 1 atom stereocenters. The summed E-state index contributed by atoms with van der Waals surface area (Å²) in [7, 11) is 3.82. The van der Waals surface area contributed by atoms with Crippen molar-refractivity contribution in [2.45, 2.75) is 12.8 Å². The van der Waals surface area contributed by atoms with Crippen molar-refractivity contribution in [3.8, 4) is 0 Å². The molecule has 0 N–H and O–H groups in total. The first-order valence-corrected chi connectivity index (χ1v) is 5.26. The van der Waals surface area contributed by atoms with Gasteiger partial charge in [0, 0.05) is 31.8 Å². The van der Waals surface area contributed by atoms with E-state index in [0.717, 1.165) is 6.61 Å². The molecule has 15 heavy (non-hydrogen) atoms. The number of methoxy groups -OCH3 is 1. The summed E-state index contributed by atoms with van der Waals surface area (Å²) in [5, 5.41) is 1.30. The largest absolute Gasteiger partial charge is 0.384 e. The fraction of sp³-hybridized carbons (Fsp3) is 0.385. The van der Waals surface area contributed by atoms with E-state index in [1.54, 1.807) is 7.11 Å². The first-order valence-electron chi connectivity index (χ1n) is 5.26. The summed E-state index contributed by atoms with van der Waals surface area (Å²) < 4.78 is 7.31. The van der Waals surface area contributed by atoms with E-state index in [0.29, 0.717) is 5.92 Å². The number of rotatable bonds is 3. The van der Waals surface area contributed by atoms with E-state index in [9.17, 15) is 0 Å². The predicted octanol–water partition coefficient (Wildman–Crippen LogP) is 2.93. The van der Waals surface area contributed by atoms with Crippen LogP contribution in [-0.2, 0) is 11.8 Å². The lowest BCUT2D eigenvalue weighted by atomic mass is 10.0. The highest BCUT2D eigenvalue weighted by atomic mass is 16.5. The van der Waals surface area contributed by atoms with Crippen molar-refractivity contribution >= 4 is 10.9 Å². The molecule has 0 aliphatic rings. The molecule has 2 heteroatoms. The van der Waals surface area contributed by atoms with Crippen LogP contribution in [0.2, 0.25) is 0 Å². The zero-order chi connectivity index (χ0) is 10.8. The second kappa shape index (κ2) is 4.07. The van der Waals surface area contributed by atoms with Gasteiger partial charge in [-0.25, -0.2) is 0 Å². The molecule has 0 aliphatic heterocycles. The SMILES string of the molecule is COC[C@H](C)c1ccc2c(ccn2C)c1. The van der Waals surface area contributed by atoms with Crippen LogP contribution in [0.15, 0.2) is 30.5 Å². The minimum absolute atomic E-state index is 0.458. The summed E-state index contributed by atoms with van der Waals surface area (Å²) >= 11 is 0. The van der Waals surface area contributed by atoms with E-state index in [1.807, 2.05) is 0 Å². The molecule has 0 radical (unpaired) electrons. The number of benzene rings is 1. The Labute approximate surface area is 90.5 Å². The Morgan fingerprint density at radius 2 is 2.13 bits per heavy atom. The molecule has 0 unspecified atom stereocenters. The number of aromatic nitrogens is 1. The minimum atomic E-state index is 0.458. The molecule has 0 spiro atoms. The molecule has 0 amide bonds. The van der Waals surface area contributed by atoms with Crippen molar-refractivity contribution in [3.05, 3.63) is 36.0 Å². The number of aryl methyl sites for hydroxylation is 1. The van der Waals surface area contributed by atoms with Crippen LogP contribution >= 0.6 is 0 Å². The van der Waals surface area contributed by atoms with E-state index in [2.05, 4.69) is 49.0 Å². The lowest BCUT2D eigenvalue weighted by Gasteiger charge is -2.10. The number of fused-ring (bicyclic) bond motifs is 1. The number of hydrogen-bond donors (Lipinski definition) is 0. The average molecular weight is 203 g/mol. The fourth-order valence-corrected chi connectivity index (χ4v) is 1.95. The molecule has 0 bridgehead atoms. The Morgan fingerprint density at radius 3 is 2.87 bits per heavy atom. The van der Waals surface area contributed by atoms with Crippen molar-refractivity contribution < 1.29 is 4.74 Å². The van der Waals surface area contributed by atoms with Gasteiger partial charge < -0.3 is 9.30 Å². The summed E-state index contributed by atoms with van der Waals surface area (Å²) in [6, 6.07) is 8.76. The van der Waals surface area contributed by atoms with Crippen molar-refractivity contribution in [3.63, 3.8) is 0 Å². The van der Waals surface area contributed by atoms with Gasteiger partial charge in [0.2, 0.25) is 0 Å². The molecule has 1 aromatic carbocycles. The topological polar surface area (TPSA) is 14.2 Å². The lowest BCUT2D eigenvalue weighted by Crippen LogP contribution is -2.01. The van der Waals surface area contributed by atoms with Gasteiger partial charge in [-0.3, -0.25) is 0 Å². The van der Waals surface area contributed by atoms with Crippen LogP contribution in [0.1, 0.15) is 18.4 Å². The summed E-state index contributed by atoms with van der Waals surface area (Å²) in [6.45, 7) is 2.96. The Kier molecular flexibility index (Phi) is 2.78. The highest BCUT2D eigenvalue weighted by Gasteiger charge is 2.06. The Hall–Kier alpha value is -1.28. The highest BCUT2D eigenvalue weighted by molar-refractivity contribution is 5.80. The molecule has 2 nitrogen and oxygen atoms in total. The van der Waals surface area contributed by atoms with Gasteiger partial charge in [0.1, 0.15) is 0 Å². The zero-order valence-electron chi connectivity index (χ0n) is 9.53. The van der Waals surface area contributed by atoms with Crippen LogP contribution in [0.5, 0.6) is 0 Å².